The van der Waals surface area contributed by atoms with E-state index in [1.165, 1.54) is 0 Å². The molecule has 2 heterocycles. The molecule has 0 unspecified atom stereocenters. The Labute approximate surface area is 129 Å². The zero-order chi connectivity index (χ0) is 14.3. The Hall–Kier alpha value is -1.56. The van der Waals surface area contributed by atoms with E-state index < -0.39 is 0 Å². The molecule has 102 valence electrons. The molecule has 7 heteroatoms. The molecule has 0 radical (unpaired) electrons. The van der Waals surface area contributed by atoms with Crippen LogP contribution in [0.1, 0.15) is 5.01 Å². The number of H-pyrrole nitrogens is 1. The fraction of sp³-hybridized carbons (Fsp3) is 0.0769. The summed E-state index contributed by atoms with van der Waals surface area (Å²) in [5.41, 5.74) is 8.16. The Morgan fingerprint density at radius 2 is 1.90 bits per heavy atom. The highest BCUT2D eigenvalue weighted by atomic mass is 35.5. The smallest absolute Gasteiger partial charge is 0.153 e. The topological polar surface area (TPSA) is 67.6 Å². The minimum Gasteiger partial charge on any atom is -0.382 e. The Bertz CT molecular complexity index is 758. The van der Waals surface area contributed by atoms with E-state index >= 15 is 0 Å². The quantitative estimate of drug-likeness (QED) is 0.734. The van der Waals surface area contributed by atoms with E-state index in [1.807, 2.05) is 6.92 Å². The third-order valence-electron chi connectivity index (χ3n) is 2.87. The largest absolute Gasteiger partial charge is 0.382 e. The summed E-state index contributed by atoms with van der Waals surface area (Å²) in [7, 11) is 0. The van der Waals surface area contributed by atoms with Crippen LogP contribution in [0.3, 0.4) is 0 Å². The van der Waals surface area contributed by atoms with Gasteiger partial charge in [-0.25, -0.2) is 4.98 Å². The van der Waals surface area contributed by atoms with Crippen LogP contribution in [0.2, 0.25) is 10.0 Å². The van der Waals surface area contributed by atoms with Crippen molar-refractivity contribution in [3.8, 4) is 21.7 Å². The monoisotopic (exact) mass is 324 g/mol. The second-order valence-corrected chi connectivity index (χ2v) is 6.25. The lowest BCUT2D eigenvalue weighted by Crippen LogP contribution is -1.90. The van der Waals surface area contributed by atoms with E-state index in [1.54, 1.807) is 35.7 Å². The Morgan fingerprint density at radius 3 is 2.50 bits per heavy atom. The highest BCUT2D eigenvalue weighted by Gasteiger charge is 2.20. The molecule has 1 aromatic carbocycles. The van der Waals surface area contributed by atoms with Gasteiger partial charge in [0.2, 0.25) is 0 Å². The number of aromatic amines is 1. The molecule has 4 nitrogen and oxygen atoms in total. The number of nitrogen functional groups attached to an aromatic ring is 1. The lowest BCUT2D eigenvalue weighted by Gasteiger charge is -2.07. The number of aryl methyl sites for hydroxylation is 1. The number of nitrogens with one attached hydrogen (secondary N) is 1. The molecule has 0 saturated heterocycles. The van der Waals surface area contributed by atoms with Crippen molar-refractivity contribution in [1.29, 1.82) is 0 Å². The van der Waals surface area contributed by atoms with Crippen LogP contribution in [0, 0.1) is 6.92 Å². The van der Waals surface area contributed by atoms with Gasteiger partial charge in [-0.05, 0) is 19.1 Å². The van der Waals surface area contributed by atoms with Crippen LogP contribution in [0.5, 0.6) is 0 Å². The summed E-state index contributed by atoms with van der Waals surface area (Å²) in [6, 6.07) is 5.34. The molecule has 0 aliphatic carbocycles. The van der Waals surface area contributed by atoms with Gasteiger partial charge in [0.05, 0.1) is 31.2 Å². The molecule has 0 bridgehead atoms. The van der Waals surface area contributed by atoms with E-state index in [2.05, 4.69) is 15.2 Å². The van der Waals surface area contributed by atoms with Crippen molar-refractivity contribution in [3.63, 3.8) is 0 Å². The number of benzene rings is 1. The molecule has 20 heavy (non-hydrogen) atoms. The molecule has 0 fully saturated rings. The summed E-state index contributed by atoms with van der Waals surface area (Å²) in [6.45, 7) is 1.94. The van der Waals surface area contributed by atoms with Gasteiger partial charge in [0.1, 0.15) is 0 Å². The summed E-state index contributed by atoms with van der Waals surface area (Å²) < 4.78 is 0. The minimum absolute atomic E-state index is 0.362. The maximum atomic E-state index is 6.26. The summed E-state index contributed by atoms with van der Waals surface area (Å²) in [4.78, 5) is 5.19. The van der Waals surface area contributed by atoms with Gasteiger partial charge in [-0.2, -0.15) is 5.10 Å². The minimum atomic E-state index is 0.362. The molecule has 0 aliphatic heterocycles. The molecule has 0 atom stereocenters. The maximum Gasteiger partial charge on any atom is 0.153 e. The fourth-order valence-electron chi connectivity index (χ4n) is 2.00. The van der Waals surface area contributed by atoms with Crippen LogP contribution in [0.15, 0.2) is 24.4 Å². The molecule has 0 aliphatic rings. The zero-order valence-corrected chi connectivity index (χ0v) is 12.8. The Balaban J connectivity index is 2.27. The SMILES string of the molecule is Cc1ncc(-c2[nH]nc(N)c2-c2c(Cl)cccc2Cl)s1. The maximum absolute atomic E-state index is 6.26. The number of halogens is 2. The van der Waals surface area contributed by atoms with Crippen molar-refractivity contribution in [2.24, 2.45) is 0 Å². The van der Waals surface area contributed by atoms with Crippen LogP contribution in [-0.4, -0.2) is 15.2 Å². The van der Waals surface area contributed by atoms with E-state index in [4.69, 9.17) is 28.9 Å². The van der Waals surface area contributed by atoms with Gasteiger partial charge in [0.15, 0.2) is 5.82 Å². The van der Waals surface area contributed by atoms with Crippen LogP contribution >= 0.6 is 34.5 Å². The van der Waals surface area contributed by atoms with Gasteiger partial charge < -0.3 is 5.73 Å². The molecular formula is C13H10Cl2N4S. The van der Waals surface area contributed by atoms with Crippen molar-refractivity contribution >= 4 is 40.4 Å². The standard InChI is InChI=1S/C13H10Cl2N4S/c1-6-17-5-9(20-6)12-11(13(16)19-18-12)10-7(14)3-2-4-8(10)15/h2-5H,1H3,(H3,16,18,19). The molecular weight excluding hydrogens is 315 g/mol. The van der Waals surface area contributed by atoms with E-state index in [-0.39, 0.29) is 0 Å². The fourth-order valence-corrected chi connectivity index (χ4v) is 3.37. The van der Waals surface area contributed by atoms with Crippen LogP contribution < -0.4 is 5.73 Å². The third-order valence-corrected chi connectivity index (χ3v) is 4.43. The summed E-state index contributed by atoms with van der Waals surface area (Å²) in [5.74, 6) is 0.362. The van der Waals surface area contributed by atoms with Crippen molar-refractivity contribution in [1.82, 2.24) is 15.2 Å². The number of hydrogen-bond acceptors (Lipinski definition) is 4. The first-order valence-corrected chi connectivity index (χ1v) is 7.36. The first-order valence-electron chi connectivity index (χ1n) is 5.79. The second-order valence-electron chi connectivity index (χ2n) is 4.20. The highest BCUT2D eigenvalue weighted by molar-refractivity contribution is 7.15. The number of aromatic nitrogens is 3. The Kier molecular flexibility index (Phi) is 3.41. The Morgan fingerprint density at radius 1 is 1.20 bits per heavy atom. The van der Waals surface area contributed by atoms with Gasteiger partial charge in [-0.3, -0.25) is 5.10 Å². The molecule has 3 aromatic rings. The normalized spacial score (nSPS) is 10.9. The highest BCUT2D eigenvalue weighted by Crippen LogP contribution is 2.43. The average molecular weight is 325 g/mol. The molecule has 2 aromatic heterocycles. The van der Waals surface area contributed by atoms with Gasteiger partial charge in [-0.15, -0.1) is 11.3 Å². The summed E-state index contributed by atoms with van der Waals surface area (Å²) >= 11 is 14.1. The van der Waals surface area contributed by atoms with Crippen molar-refractivity contribution in [3.05, 3.63) is 39.4 Å². The lowest BCUT2D eigenvalue weighted by molar-refractivity contribution is 1.10. The lowest BCUT2D eigenvalue weighted by atomic mass is 10.0. The predicted molar refractivity (Wildman–Crippen MR) is 84.3 cm³/mol. The second kappa shape index (κ2) is 5.09. The number of nitrogens with two attached hydrogens (primary N) is 1. The van der Waals surface area contributed by atoms with Crippen molar-refractivity contribution in [2.75, 3.05) is 5.73 Å². The van der Waals surface area contributed by atoms with Crippen molar-refractivity contribution in [2.45, 2.75) is 6.92 Å². The molecule has 0 amide bonds. The average Bonchev–Trinajstić information content (AvgIpc) is 2.97. The predicted octanol–water partition coefficient (Wildman–Crippen LogP) is 4.40. The van der Waals surface area contributed by atoms with Crippen LogP contribution in [0.4, 0.5) is 5.82 Å². The van der Waals surface area contributed by atoms with Crippen LogP contribution in [0.25, 0.3) is 21.7 Å². The summed E-state index contributed by atoms with van der Waals surface area (Å²) in [6.07, 6.45) is 1.78. The van der Waals surface area contributed by atoms with E-state index in [0.717, 1.165) is 15.6 Å². The van der Waals surface area contributed by atoms with Gasteiger partial charge in [0, 0.05) is 11.8 Å². The number of thiazole rings is 1. The van der Waals surface area contributed by atoms with Crippen molar-refractivity contribution < 1.29 is 0 Å². The number of nitrogens with zero attached hydrogens (tertiary/aromatic N) is 2. The number of rotatable bonds is 2. The van der Waals surface area contributed by atoms with E-state index in [9.17, 15) is 0 Å². The van der Waals surface area contributed by atoms with Crippen LogP contribution in [-0.2, 0) is 0 Å². The van der Waals surface area contributed by atoms with Gasteiger partial charge in [-0.1, -0.05) is 29.3 Å². The third kappa shape index (κ3) is 2.18. The number of anilines is 1. The molecule has 3 rings (SSSR count). The van der Waals surface area contributed by atoms with Gasteiger partial charge in [0.25, 0.3) is 0 Å². The first-order chi connectivity index (χ1) is 9.58. The first kappa shape index (κ1) is 13.4. The zero-order valence-electron chi connectivity index (χ0n) is 10.4. The molecule has 0 spiro atoms. The summed E-state index contributed by atoms with van der Waals surface area (Å²) in [5, 5.41) is 9.04. The van der Waals surface area contributed by atoms with E-state index in [0.29, 0.717) is 27.0 Å². The molecule has 0 saturated carbocycles. The molecule has 3 N–H and O–H groups in total. The number of hydrogen-bond donors (Lipinski definition) is 2. The van der Waals surface area contributed by atoms with Gasteiger partial charge >= 0.3 is 0 Å².